The van der Waals surface area contributed by atoms with E-state index >= 15 is 0 Å². The number of piperidine rings is 1. The smallest absolute Gasteiger partial charge is 0.416 e. The van der Waals surface area contributed by atoms with Crippen LogP contribution >= 0.6 is 0 Å². The summed E-state index contributed by atoms with van der Waals surface area (Å²) in [5, 5.41) is 2.91. The molecule has 0 bridgehead atoms. The predicted octanol–water partition coefficient (Wildman–Crippen LogP) is 5.74. The van der Waals surface area contributed by atoms with Crippen LogP contribution in [0.5, 0.6) is 11.5 Å². The van der Waals surface area contributed by atoms with Gasteiger partial charge >= 0.3 is 12.3 Å². The Morgan fingerprint density at radius 2 is 1.44 bits per heavy atom. The van der Waals surface area contributed by atoms with Gasteiger partial charge < -0.3 is 24.4 Å². The summed E-state index contributed by atoms with van der Waals surface area (Å²) in [4.78, 5) is 29.5. The SMILES string of the molecule is O=C(NCc1ccc2c(c1)OCO2)c1ccc(CN2CCC3(CCN(Cc4ccc(C(F)(F)F)cc4)CC3)OC2=O)cc1. The molecule has 0 aromatic heterocycles. The fourth-order valence-electron chi connectivity index (χ4n) is 5.72. The normalized spacial score (nSPS) is 18.0. The van der Waals surface area contributed by atoms with Gasteiger partial charge in [0.05, 0.1) is 5.56 Å². The number of carbonyl (C=O) groups is 2. The highest BCUT2D eigenvalue weighted by Crippen LogP contribution is 2.36. The predicted molar refractivity (Wildman–Crippen MR) is 150 cm³/mol. The Morgan fingerprint density at radius 1 is 0.814 bits per heavy atom. The summed E-state index contributed by atoms with van der Waals surface area (Å²) in [5.41, 5.74) is 1.98. The summed E-state index contributed by atoms with van der Waals surface area (Å²) in [6.45, 7) is 3.46. The van der Waals surface area contributed by atoms with Gasteiger partial charge in [-0.05, 0) is 53.1 Å². The highest BCUT2D eigenvalue weighted by atomic mass is 19.4. The lowest BCUT2D eigenvalue weighted by molar-refractivity contribution is -0.137. The summed E-state index contributed by atoms with van der Waals surface area (Å²) in [6.07, 6.45) is -2.61. The van der Waals surface area contributed by atoms with Crippen LogP contribution in [0.4, 0.5) is 18.0 Å². The van der Waals surface area contributed by atoms with Gasteiger partial charge in [0.15, 0.2) is 11.5 Å². The first-order chi connectivity index (χ1) is 20.7. The first-order valence-corrected chi connectivity index (χ1v) is 14.3. The van der Waals surface area contributed by atoms with Crippen molar-refractivity contribution < 1.29 is 37.0 Å². The van der Waals surface area contributed by atoms with Gasteiger partial charge in [-0.1, -0.05) is 30.3 Å². The molecule has 0 unspecified atom stereocenters. The van der Waals surface area contributed by atoms with Crippen LogP contribution in [-0.4, -0.2) is 53.8 Å². The van der Waals surface area contributed by atoms with Crippen LogP contribution < -0.4 is 14.8 Å². The second kappa shape index (κ2) is 11.8. The van der Waals surface area contributed by atoms with Gasteiger partial charge in [-0.3, -0.25) is 9.69 Å². The highest BCUT2D eigenvalue weighted by Gasteiger charge is 2.43. The first kappa shape index (κ1) is 28.9. The number of likely N-dealkylation sites (tertiary alicyclic amines) is 1. The van der Waals surface area contributed by atoms with E-state index in [1.165, 1.54) is 12.1 Å². The van der Waals surface area contributed by atoms with Gasteiger partial charge in [0.1, 0.15) is 5.60 Å². The van der Waals surface area contributed by atoms with Crippen LogP contribution in [0.25, 0.3) is 0 Å². The molecule has 3 aliphatic rings. The Bertz CT molecular complexity index is 1470. The Morgan fingerprint density at radius 3 is 2.14 bits per heavy atom. The number of nitrogens with one attached hydrogen (secondary N) is 1. The van der Waals surface area contributed by atoms with Crippen molar-refractivity contribution in [1.82, 2.24) is 15.1 Å². The molecule has 0 atom stereocenters. The van der Waals surface area contributed by atoms with Gasteiger partial charge in [-0.2, -0.15) is 13.2 Å². The molecule has 2 amide bonds. The molecule has 2 fully saturated rings. The molecule has 8 nitrogen and oxygen atoms in total. The molecule has 3 aromatic rings. The fraction of sp³-hybridized carbons (Fsp3) is 0.375. The zero-order chi connectivity index (χ0) is 30.0. The van der Waals surface area contributed by atoms with Crippen LogP contribution in [0.2, 0.25) is 0 Å². The molecule has 3 heterocycles. The quantitative estimate of drug-likeness (QED) is 0.375. The second-order valence-electron chi connectivity index (χ2n) is 11.3. The van der Waals surface area contributed by atoms with Crippen molar-refractivity contribution in [2.75, 3.05) is 26.4 Å². The van der Waals surface area contributed by atoms with Crippen LogP contribution in [0, 0.1) is 0 Å². The number of alkyl halides is 3. The molecule has 3 aliphatic heterocycles. The van der Waals surface area contributed by atoms with Crippen molar-refractivity contribution in [2.45, 2.75) is 50.7 Å². The van der Waals surface area contributed by atoms with Gasteiger partial charge in [0.25, 0.3) is 5.91 Å². The lowest BCUT2D eigenvalue weighted by Crippen LogP contribution is -2.54. The molecule has 0 radical (unpaired) electrons. The molecule has 1 spiro atoms. The van der Waals surface area contributed by atoms with E-state index in [9.17, 15) is 22.8 Å². The van der Waals surface area contributed by atoms with Crippen LogP contribution in [0.1, 0.15) is 51.9 Å². The van der Waals surface area contributed by atoms with Crippen molar-refractivity contribution in [2.24, 2.45) is 0 Å². The molecule has 0 aliphatic carbocycles. The van der Waals surface area contributed by atoms with Gasteiger partial charge in [-0.15, -0.1) is 0 Å². The van der Waals surface area contributed by atoms with E-state index < -0.39 is 17.3 Å². The van der Waals surface area contributed by atoms with Crippen molar-refractivity contribution in [1.29, 1.82) is 0 Å². The molecule has 3 aromatic carbocycles. The zero-order valence-electron chi connectivity index (χ0n) is 23.5. The lowest BCUT2D eigenvalue weighted by Gasteiger charge is -2.46. The van der Waals surface area contributed by atoms with E-state index in [0.717, 1.165) is 28.8 Å². The number of nitrogens with zero attached hydrogens (tertiary/aromatic N) is 2. The van der Waals surface area contributed by atoms with Gasteiger partial charge in [0.2, 0.25) is 6.79 Å². The van der Waals surface area contributed by atoms with Crippen molar-refractivity contribution in [3.8, 4) is 11.5 Å². The molecule has 6 rings (SSSR count). The number of fused-ring (bicyclic) bond motifs is 1. The maximum Gasteiger partial charge on any atom is 0.416 e. The third-order valence-corrected chi connectivity index (χ3v) is 8.33. The minimum atomic E-state index is -4.34. The highest BCUT2D eigenvalue weighted by molar-refractivity contribution is 5.94. The first-order valence-electron chi connectivity index (χ1n) is 14.3. The molecule has 11 heteroatoms. The monoisotopic (exact) mass is 595 g/mol. The van der Waals surface area contributed by atoms with E-state index in [1.807, 2.05) is 30.3 Å². The number of benzene rings is 3. The minimum absolute atomic E-state index is 0.198. The molecule has 0 saturated carbocycles. The number of halogens is 3. The third-order valence-electron chi connectivity index (χ3n) is 8.33. The molecule has 43 heavy (non-hydrogen) atoms. The topological polar surface area (TPSA) is 80.3 Å². The Kier molecular flexibility index (Phi) is 7.91. The van der Waals surface area contributed by atoms with E-state index in [1.54, 1.807) is 17.0 Å². The van der Waals surface area contributed by atoms with Crippen molar-refractivity contribution >= 4 is 12.0 Å². The standard InChI is InChI=1S/C32H32F3N3O5/c33-32(34,35)26-8-3-22(4-9-26)19-37-14-11-31(12-15-37)13-16-38(30(40)43-31)20-23-1-6-25(7-2-23)29(39)36-18-24-5-10-27-28(17-24)42-21-41-27/h1-10,17H,11-16,18-21H2,(H,36,39). The maximum absolute atomic E-state index is 12.9. The fourth-order valence-corrected chi connectivity index (χ4v) is 5.72. The Hall–Kier alpha value is -4.25. The number of ether oxygens (including phenoxy) is 3. The molecular formula is C32H32F3N3O5. The van der Waals surface area contributed by atoms with E-state index in [0.29, 0.717) is 75.6 Å². The molecule has 2 saturated heterocycles. The van der Waals surface area contributed by atoms with Crippen molar-refractivity contribution in [3.05, 3.63) is 94.5 Å². The molecule has 226 valence electrons. The summed E-state index contributed by atoms with van der Waals surface area (Å²) < 4.78 is 55.2. The minimum Gasteiger partial charge on any atom is -0.454 e. The van der Waals surface area contributed by atoms with Crippen LogP contribution in [0.3, 0.4) is 0 Å². The Balaban J connectivity index is 0.954. The summed E-state index contributed by atoms with van der Waals surface area (Å²) in [7, 11) is 0. The van der Waals surface area contributed by atoms with Crippen LogP contribution in [-0.2, 0) is 30.5 Å². The average molecular weight is 596 g/mol. The number of amides is 2. The van der Waals surface area contributed by atoms with Crippen LogP contribution in [0.15, 0.2) is 66.7 Å². The number of hydrogen-bond acceptors (Lipinski definition) is 6. The summed E-state index contributed by atoms with van der Waals surface area (Å²) >= 11 is 0. The van der Waals surface area contributed by atoms with Crippen molar-refractivity contribution in [3.63, 3.8) is 0 Å². The molecule has 1 N–H and O–H groups in total. The largest absolute Gasteiger partial charge is 0.454 e. The number of hydrogen-bond donors (Lipinski definition) is 1. The van der Waals surface area contributed by atoms with E-state index in [4.69, 9.17) is 14.2 Å². The molecular weight excluding hydrogens is 563 g/mol. The lowest BCUT2D eigenvalue weighted by atomic mass is 9.86. The third kappa shape index (κ3) is 6.72. The van der Waals surface area contributed by atoms with E-state index in [-0.39, 0.29) is 18.8 Å². The summed E-state index contributed by atoms with van der Waals surface area (Å²) in [6, 6.07) is 18.0. The zero-order valence-corrected chi connectivity index (χ0v) is 23.5. The maximum atomic E-state index is 12.9. The number of carbonyl (C=O) groups excluding carboxylic acids is 2. The second-order valence-corrected chi connectivity index (χ2v) is 11.3. The average Bonchev–Trinajstić information content (AvgIpc) is 3.47. The summed E-state index contributed by atoms with van der Waals surface area (Å²) in [5.74, 6) is 1.16. The Labute approximate surface area is 247 Å². The van der Waals surface area contributed by atoms with Gasteiger partial charge in [0, 0.05) is 64.1 Å². The van der Waals surface area contributed by atoms with Gasteiger partial charge in [-0.25, -0.2) is 4.79 Å². The number of rotatable bonds is 7. The van der Waals surface area contributed by atoms with E-state index in [2.05, 4.69) is 10.2 Å².